The molecule has 2 fully saturated rings. The van der Waals surface area contributed by atoms with Crippen molar-refractivity contribution in [2.45, 2.75) is 70.9 Å². The molecule has 0 aromatic rings. The van der Waals surface area contributed by atoms with Gasteiger partial charge in [-0.05, 0) is 51.0 Å². The van der Waals surface area contributed by atoms with Crippen LogP contribution < -0.4 is 0 Å². The number of carboxylic acids is 1. The summed E-state index contributed by atoms with van der Waals surface area (Å²) in [6.07, 6.45) is 7.58. The second-order valence-corrected chi connectivity index (χ2v) is 6.15. The Balaban J connectivity index is 1.94. The number of aliphatic carboxylic acids is 1. The minimum absolute atomic E-state index is 0.324. The van der Waals surface area contributed by atoms with Crippen LogP contribution in [0.4, 0.5) is 0 Å². The van der Waals surface area contributed by atoms with Crippen molar-refractivity contribution in [3.8, 4) is 0 Å². The number of hydrogen-bond donors (Lipinski definition) is 1. The molecule has 1 N–H and O–H groups in total. The summed E-state index contributed by atoms with van der Waals surface area (Å²) >= 11 is 0. The molecule has 17 heavy (non-hydrogen) atoms. The van der Waals surface area contributed by atoms with Crippen LogP contribution in [-0.4, -0.2) is 34.6 Å². The molecule has 1 heterocycles. The van der Waals surface area contributed by atoms with E-state index in [1.165, 1.54) is 38.6 Å². The first-order chi connectivity index (χ1) is 8.03. The van der Waals surface area contributed by atoms with Crippen molar-refractivity contribution in [1.82, 2.24) is 4.90 Å². The van der Waals surface area contributed by atoms with Crippen LogP contribution in [0.2, 0.25) is 0 Å². The number of likely N-dealkylation sites (tertiary alicyclic amines) is 1. The molecule has 1 aliphatic heterocycles. The van der Waals surface area contributed by atoms with Crippen LogP contribution in [-0.2, 0) is 4.79 Å². The van der Waals surface area contributed by atoms with E-state index in [9.17, 15) is 4.79 Å². The minimum Gasteiger partial charge on any atom is -0.481 e. The molecule has 0 aromatic heterocycles. The topological polar surface area (TPSA) is 40.5 Å². The fraction of sp³-hybridized carbons (Fsp3) is 0.929. The normalized spacial score (nSPS) is 29.9. The van der Waals surface area contributed by atoms with Crippen LogP contribution in [0.15, 0.2) is 0 Å². The van der Waals surface area contributed by atoms with Gasteiger partial charge in [0.25, 0.3) is 0 Å². The maximum absolute atomic E-state index is 10.7. The average molecular weight is 239 g/mol. The molecule has 2 unspecified atom stereocenters. The van der Waals surface area contributed by atoms with Gasteiger partial charge in [0.15, 0.2) is 0 Å². The number of carboxylic acid groups (broad SMARTS) is 1. The molecule has 0 spiro atoms. The Morgan fingerprint density at radius 1 is 1.47 bits per heavy atom. The minimum atomic E-state index is -0.652. The molecule has 2 aliphatic rings. The summed E-state index contributed by atoms with van der Waals surface area (Å²) in [6, 6.07) is 1.13. The van der Waals surface area contributed by atoms with Crippen molar-refractivity contribution in [3.63, 3.8) is 0 Å². The van der Waals surface area contributed by atoms with Gasteiger partial charge in [-0.25, -0.2) is 0 Å². The summed E-state index contributed by atoms with van der Waals surface area (Å²) in [7, 11) is 0. The van der Waals surface area contributed by atoms with E-state index in [4.69, 9.17) is 5.11 Å². The number of piperidine rings is 1. The van der Waals surface area contributed by atoms with Gasteiger partial charge >= 0.3 is 5.97 Å². The number of nitrogens with zero attached hydrogens (tertiary/aromatic N) is 1. The SMILES string of the molecule is CC(N1CCCCC1CCC(=O)O)C1(C)CC1. The average Bonchev–Trinajstić information content (AvgIpc) is 3.05. The lowest BCUT2D eigenvalue weighted by Crippen LogP contribution is -2.48. The van der Waals surface area contributed by atoms with Crippen molar-refractivity contribution in [3.05, 3.63) is 0 Å². The van der Waals surface area contributed by atoms with Gasteiger partial charge in [0, 0.05) is 18.5 Å². The summed E-state index contributed by atoms with van der Waals surface area (Å²) in [5.41, 5.74) is 0.513. The molecule has 0 amide bonds. The smallest absolute Gasteiger partial charge is 0.303 e. The molecule has 98 valence electrons. The van der Waals surface area contributed by atoms with E-state index in [0.717, 1.165) is 6.42 Å². The van der Waals surface area contributed by atoms with Gasteiger partial charge in [-0.15, -0.1) is 0 Å². The molecular weight excluding hydrogens is 214 g/mol. The fourth-order valence-electron chi connectivity index (χ4n) is 3.15. The molecular formula is C14H25NO2. The monoisotopic (exact) mass is 239 g/mol. The van der Waals surface area contributed by atoms with E-state index in [2.05, 4.69) is 18.7 Å². The molecule has 0 bridgehead atoms. The van der Waals surface area contributed by atoms with E-state index in [-0.39, 0.29) is 0 Å². The Kier molecular flexibility index (Phi) is 3.76. The van der Waals surface area contributed by atoms with E-state index in [1.807, 2.05) is 0 Å². The lowest BCUT2D eigenvalue weighted by Gasteiger charge is -2.42. The van der Waals surface area contributed by atoms with E-state index in [0.29, 0.717) is 23.9 Å². The lowest BCUT2D eigenvalue weighted by atomic mass is 9.91. The Labute approximate surface area is 104 Å². The molecule has 1 saturated heterocycles. The van der Waals surface area contributed by atoms with Crippen LogP contribution in [0.25, 0.3) is 0 Å². The van der Waals surface area contributed by atoms with Crippen molar-refractivity contribution < 1.29 is 9.90 Å². The highest BCUT2D eigenvalue weighted by Crippen LogP contribution is 2.50. The van der Waals surface area contributed by atoms with Gasteiger partial charge in [-0.3, -0.25) is 9.69 Å². The van der Waals surface area contributed by atoms with Crippen molar-refractivity contribution >= 4 is 5.97 Å². The zero-order valence-electron chi connectivity index (χ0n) is 11.1. The molecule has 2 atom stereocenters. The molecule has 3 nitrogen and oxygen atoms in total. The molecule has 2 rings (SSSR count). The van der Waals surface area contributed by atoms with E-state index >= 15 is 0 Å². The summed E-state index contributed by atoms with van der Waals surface area (Å²) in [4.78, 5) is 13.3. The predicted molar refractivity (Wildman–Crippen MR) is 68.0 cm³/mol. The zero-order valence-corrected chi connectivity index (χ0v) is 11.1. The predicted octanol–water partition coefficient (Wildman–Crippen LogP) is 2.89. The first-order valence-corrected chi connectivity index (χ1v) is 7.00. The lowest BCUT2D eigenvalue weighted by molar-refractivity contribution is -0.137. The van der Waals surface area contributed by atoms with Crippen molar-refractivity contribution in [1.29, 1.82) is 0 Å². The Morgan fingerprint density at radius 2 is 2.18 bits per heavy atom. The standard InChI is InChI=1S/C14H25NO2/c1-11(14(2)8-9-14)15-10-4-3-5-12(15)6-7-13(16)17/h11-12H,3-10H2,1-2H3,(H,16,17). The van der Waals surface area contributed by atoms with Gasteiger partial charge < -0.3 is 5.11 Å². The third-order valence-corrected chi connectivity index (χ3v) is 4.91. The van der Waals surface area contributed by atoms with Gasteiger partial charge in [0.2, 0.25) is 0 Å². The Bertz CT molecular complexity index is 286. The zero-order chi connectivity index (χ0) is 12.5. The summed E-state index contributed by atoms with van der Waals surface area (Å²) < 4.78 is 0. The maximum Gasteiger partial charge on any atom is 0.303 e. The van der Waals surface area contributed by atoms with E-state index in [1.54, 1.807) is 0 Å². The Hall–Kier alpha value is -0.570. The largest absolute Gasteiger partial charge is 0.481 e. The molecule has 0 radical (unpaired) electrons. The first kappa shape index (κ1) is 12.9. The van der Waals surface area contributed by atoms with Crippen LogP contribution in [0.3, 0.4) is 0 Å². The quantitative estimate of drug-likeness (QED) is 0.802. The third kappa shape index (κ3) is 3.01. The van der Waals surface area contributed by atoms with Gasteiger partial charge in [-0.2, -0.15) is 0 Å². The fourth-order valence-corrected chi connectivity index (χ4v) is 3.15. The summed E-state index contributed by atoms with van der Waals surface area (Å²) in [6.45, 7) is 5.88. The van der Waals surface area contributed by atoms with Crippen LogP contribution in [0.5, 0.6) is 0 Å². The van der Waals surface area contributed by atoms with Gasteiger partial charge in [0.05, 0.1) is 0 Å². The number of carbonyl (C=O) groups is 1. The second kappa shape index (κ2) is 4.97. The van der Waals surface area contributed by atoms with Gasteiger partial charge in [-0.1, -0.05) is 13.3 Å². The van der Waals surface area contributed by atoms with E-state index < -0.39 is 5.97 Å². The first-order valence-electron chi connectivity index (χ1n) is 7.00. The number of hydrogen-bond acceptors (Lipinski definition) is 2. The number of rotatable bonds is 5. The molecule has 1 aliphatic carbocycles. The molecule has 1 saturated carbocycles. The highest BCUT2D eigenvalue weighted by atomic mass is 16.4. The Morgan fingerprint density at radius 3 is 2.76 bits per heavy atom. The van der Waals surface area contributed by atoms with Crippen LogP contribution in [0.1, 0.15) is 58.8 Å². The second-order valence-electron chi connectivity index (χ2n) is 6.15. The highest BCUT2D eigenvalue weighted by molar-refractivity contribution is 5.66. The van der Waals surface area contributed by atoms with Crippen LogP contribution >= 0.6 is 0 Å². The van der Waals surface area contributed by atoms with Gasteiger partial charge in [0.1, 0.15) is 0 Å². The van der Waals surface area contributed by atoms with Crippen molar-refractivity contribution in [2.24, 2.45) is 5.41 Å². The summed E-state index contributed by atoms with van der Waals surface area (Å²) in [5, 5.41) is 8.82. The summed E-state index contributed by atoms with van der Waals surface area (Å²) in [5.74, 6) is -0.652. The van der Waals surface area contributed by atoms with Crippen molar-refractivity contribution in [2.75, 3.05) is 6.54 Å². The highest BCUT2D eigenvalue weighted by Gasteiger charge is 2.46. The third-order valence-electron chi connectivity index (χ3n) is 4.91. The maximum atomic E-state index is 10.7. The molecule has 3 heteroatoms. The van der Waals surface area contributed by atoms with Crippen LogP contribution in [0, 0.1) is 5.41 Å². The molecule has 0 aromatic carbocycles.